The molecule has 0 bridgehead atoms. The van der Waals surface area contributed by atoms with Crippen LogP contribution < -0.4 is 0 Å². The quantitative estimate of drug-likeness (QED) is 0.451. The Morgan fingerprint density at radius 3 is 2.35 bits per heavy atom. The molecule has 0 aliphatic heterocycles. The molecule has 0 fully saturated rings. The van der Waals surface area contributed by atoms with Crippen LogP contribution in [0.1, 0.15) is 11.3 Å². The number of hydrogen-bond donors (Lipinski definition) is 0. The second kappa shape index (κ2) is 4.49. The summed E-state index contributed by atoms with van der Waals surface area (Å²) in [7, 11) is 0. The highest BCUT2D eigenvalue weighted by Gasteiger charge is 2.19. The van der Waals surface area contributed by atoms with E-state index in [0.29, 0.717) is 10.9 Å². The van der Waals surface area contributed by atoms with E-state index in [1.54, 1.807) is 13.2 Å². The van der Waals surface area contributed by atoms with Gasteiger partial charge in [-0.25, -0.2) is 18.7 Å². The van der Waals surface area contributed by atoms with Crippen molar-refractivity contribution in [1.82, 2.24) is 9.97 Å². The van der Waals surface area contributed by atoms with Crippen LogP contribution in [0.15, 0.2) is 9.63 Å². The minimum Gasteiger partial charge on any atom is -0.227 e. The Morgan fingerprint density at radius 2 is 1.76 bits per heavy atom. The van der Waals surface area contributed by atoms with Gasteiger partial charge in [-0.1, -0.05) is 11.8 Å². The van der Waals surface area contributed by atoms with Gasteiger partial charge in [0.2, 0.25) is 0 Å². The number of aryl methyl sites for hydroxylation is 1. The molecule has 90 valence electrons. The third kappa shape index (κ3) is 1.93. The highest BCUT2D eigenvalue weighted by Crippen LogP contribution is 2.32. The molecule has 0 aliphatic carbocycles. The third-order valence-corrected chi connectivity index (χ3v) is 4.02. The standard InChI is InChI=1S/C11H9BrF2N2S/c1-4-7(12)9(14)10-6(8(4)13)5(2)15-11(16-10)17-3/h1-3H3. The maximum Gasteiger partial charge on any atom is 0.188 e. The SMILES string of the molecule is CSc1nc(C)c2c(F)c(C)c(Br)c(F)c2n1. The predicted octanol–water partition coefficient (Wildman–Crippen LogP) is 4.01. The van der Waals surface area contributed by atoms with Crippen LogP contribution in [0, 0.1) is 25.5 Å². The van der Waals surface area contributed by atoms with Crippen LogP contribution in [0.4, 0.5) is 8.78 Å². The number of fused-ring (bicyclic) bond motifs is 1. The van der Waals surface area contributed by atoms with Gasteiger partial charge in [0.1, 0.15) is 11.3 Å². The van der Waals surface area contributed by atoms with Gasteiger partial charge in [-0.05, 0) is 36.0 Å². The molecule has 1 heterocycles. The number of thioether (sulfide) groups is 1. The molecule has 2 nitrogen and oxygen atoms in total. The summed E-state index contributed by atoms with van der Waals surface area (Å²) in [5.41, 5.74) is 0.710. The molecular formula is C11H9BrF2N2S. The molecular weight excluding hydrogens is 310 g/mol. The fourth-order valence-corrected chi connectivity index (χ4v) is 2.39. The van der Waals surface area contributed by atoms with E-state index in [4.69, 9.17) is 0 Å². The minimum atomic E-state index is -0.542. The van der Waals surface area contributed by atoms with Crippen LogP contribution in [-0.4, -0.2) is 16.2 Å². The van der Waals surface area contributed by atoms with E-state index in [2.05, 4.69) is 25.9 Å². The van der Waals surface area contributed by atoms with Gasteiger partial charge in [0.25, 0.3) is 0 Å². The van der Waals surface area contributed by atoms with E-state index in [1.807, 2.05) is 0 Å². The molecule has 2 rings (SSSR count). The molecule has 0 saturated heterocycles. The van der Waals surface area contributed by atoms with Crippen molar-refractivity contribution < 1.29 is 8.78 Å². The Balaban J connectivity index is 3.00. The van der Waals surface area contributed by atoms with Crippen LogP contribution in [0.3, 0.4) is 0 Å². The molecule has 0 unspecified atom stereocenters. The largest absolute Gasteiger partial charge is 0.227 e. The van der Waals surface area contributed by atoms with Crippen molar-refractivity contribution >= 4 is 38.6 Å². The molecule has 6 heteroatoms. The smallest absolute Gasteiger partial charge is 0.188 e. The first-order valence-corrected chi connectivity index (χ1v) is 6.84. The number of nitrogens with zero attached hydrogens (tertiary/aromatic N) is 2. The van der Waals surface area contributed by atoms with Gasteiger partial charge in [0, 0.05) is 5.56 Å². The van der Waals surface area contributed by atoms with Gasteiger partial charge in [-0.2, -0.15) is 0 Å². The minimum absolute atomic E-state index is 0.0248. The van der Waals surface area contributed by atoms with E-state index in [1.165, 1.54) is 18.7 Å². The molecule has 0 aliphatic rings. The highest BCUT2D eigenvalue weighted by molar-refractivity contribution is 9.10. The molecule has 0 amide bonds. The summed E-state index contributed by atoms with van der Waals surface area (Å²) in [5.74, 6) is -1.02. The maximum absolute atomic E-state index is 14.1. The van der Waals surface area contributed by atoms with E-state index < -0.39 is 11.6 Å². The van der Waals surface area contributed by atoms with E-state index >= 15 is 0 Å². The normalized spacial score (nSPS) is 11.2. The van der Waals surface area contributed by atoms with E-state index in [0.717, 1.165) is 0 Å². The average molecular weight is 319 g/mol. The van der Waals surface area contributed by atoms with Crippen LogP contribution in [0.25, 0.3) is 10.9 Å². The lowest BCUT2D eigenvalue weighted by atomic mass is 10.1. The van der Waals surface area contributed by atoms with Crippen molar-refractivity contribution in [3.05, 3.63) is 27.4 Å². The highest BCUT2D eigenvalue weighted by atomic mass is 79.9. The molecule has 1 aromatic carbocycles. The van der Waals surface area contributed by atoms with E-state index in [-0.39, 0.29) is 20.9 Å². The Labute approximate surface area is 110 Å². The lowest BCUT2D eigenvalue weighted by molar-refractivity contribution is 0.598. The summed E-state index contributed by atoms with van der Waals surface area (Å²) in [6.07, 6.45) is 1.79. The zero-order valence-electron chi connectivity index (χ0n) is 9.44. The summed E-state index contributed by atoms with van der Waals surface area (Å²) in [4.78, 5) is 8.15. The van der Waals surface area contributed by atoms with Crippen LogP contribution in [-0.2, 0) is 0 Å². The van der Waals surface area contributed by atoms with Gasteiger partial charge in [-0.3, -0.25) is 0 Å². The van der Waals surface area contributed by atoms with Crippen LogP contribution in [0.2, 0.25) is 0 Å². The first-order valence-electron chi connectivity index (χ1n) is 4.82. The molecule has 0 radical (unpaired) electrons. The topological polar surface area (TPSA) is 25.8 Å². The van der Waals surface area contributed by atoms with Gasteiger partial charge in [0.15, 0.2) is 11.0 Å². The second-order valence-corrected chi connectivity index (χ2v) is 5.15. The number of aromatic nitrogens is 2. The number of hydrogen-bond acceptors (Lipinski definition) is 3. The first-order chi connectivity index (χ1) is 7.97. The van der Waals surface area contributed by atoms with Crippen LogP contribution >= 0.6 is 27.7 Å². The maximum atomic E-state index is 14.1. The molecule has 0 N–H and O–H groups in total. The van der Waals surface area contributed by atoms with Crippen molar-refractivity contribution in [3.63, 3.8) is 0 Å². The summed E-state index contributed by atoms with van der Waals surface area (Å²) < 4.78 is 28.2. The van der Waals surface area contributed by atoms with Gasteiger partial charge >= 0.3 is 0 Å². The van der Waals surface area contributed by atoms with Gasteiger partial charge in [-0.15, -0.1) is 0 Å². The Morgan fingerprint density at radius 1 is 1.12 bits per heavy atom. The summed E-state index contributed by atoms with van der Waals surface area (Å²) >= 11 is 4.34. The monoisotopic (exact) mass is 318 g/mol. The Bertz CT molecular complexity index is 616. The molecule has 1 aromatic heterocycles. The van der Waals surface area contributed by atoms with Gasteiger partial charge < -0.3 is 0 Å². The van der Waals surface area contributed by atoms with Gasteiger partial charge in [0.05, 0.1) is 15.6 Å². The first kappa shape index (κ1) is 12.7. The molecule has 0 atom stereocenters. The summed E-state index contributed by atoms with van der Waals surface area (Å²) in [6, 6.07) is 0. The van der Waals surface area contributed by atoms with Crippen molar-refractivity contribution in [2.24, 2.45) is 0 Å². The van der Waals surface area contributed by atoms with Crippen molar-refractivity contribution in [3.8, 4) is 0 Å². The second-order valence-electron chi connectivity index (χ2n) is 3.59. The molecule has 0 saturated carbocycles. The molecule has 17 heavy (non-hydrogen) atoms. The Kier molecular flexibility index (Phi) is 3.36. The third-order valence-electron chi connectivity index (χ3n) is 2.53. The molecule has 2 aromatic rings. The number of rotatable bonds is 1. The van der Waals surface area contributed by atoms with Crippen molar-refractivity contribution in [2.45, 2.75) is 19.0 Å². The predicted molar refractivity (Wildman–Crippen MR) is 68.4 cm³/mol. The zero-order valence-corrected chi connectivity index (χ0v) is 11.8. The van der Waals surface area contributed by atoms with Crippen LogP contribution in [0.5, 0.6) is 0 Å². The van der Waals surface area contributed by atoms with E-state index in [9.17, 15) is 8.78 Å². The fourth-order valence-electron chi connectivity index (χ4n) is 1.61. The number of benzene rings is 1. The average Bonchev–Trinajstić information content (AvgIpc) is 2.32. The van der Waals surface area contributed by atoms with Crippen molar-refractivity contribution in [1.29, 1.82) is 0 Å². The lowest BCUT2D eigenvalue weighted by Crippen LogP contribution is -2.00. The summed E-state index contributed by atoms with van der Waals surface area (Å²) in [5, 5.41) is 0.588. The fraction of sp³-hybridized carbons (Fsp3) is 0.273. The lowest BCUT2D eigenvalue weighted by Gasteiger charge is -2.10. The van der Waals surface area contributed by atoms with Crippen molar-refractivity contribution in [2.75, 3.05) is 6.26 Å². The summed E-state index contributed by atoms with van der Waals surface area (Å²) in [6.45, 7) is 3.17. The zero-order chi connectivity index (χ0) is 12.7. The molecule has 0 spiro atoms. The Hall–Kier alpha value is -0.750. The number of halogens is 3.